The summed E-state index contributed by atoms with van der Waals surface area (Å²) in [4.78, 5) is 10.8. The molecule has 1 heterocycles. The van der Waals surface area contributed by atoms with Crippen LogP contribution >= 0.6 is 0 Å². The van der Waals surface area contributed by atoms with Crippen molar-refractivity contribution in [3.8, 4) is 0 Å². The molecule has 1 atom stereocenters. The lowest BCUT2D eigenvalue weighted by Crippen LogP contribution is -2.04. The number of nitrogens with zero attached hydrogens (tertiary/aromatic N) is 1. The van der Waals surface area contributed by atoms with Gasteiger partial charge >= 0.3 is 5.97 Å². The van der Waals surface area contributed by atoms with E-state index in [1.165, 1.54) is 24.1 Å². The van der Waals surface area contributed by atoms with Crippen molar-refractivity contribution in [3.05, 3.63) is 17.0 Å². The van der Waals surface area contributed by atoms with Crippen molar-refractivity contribution in [1.82, 2.24) is 10.2 Å². The monoisotopic (exact) mass is 206 g/mol. The number of aliphatic carboxylic acids is 1. The van der Waals surface area contributed by atoms with Gasteiger partial charge in [0.2, 0.25) is 0 Å². The molecule has 0 radical (unpaired) electrons. The zero-order valence-corrected chi connectivity index (χ0v) is 8.49. The number of aryl methyl sites for hydroxylation is 1. The molecule has 1 saturated carbocycles. The lowest BCUT2D eigenvalue weighted by atomic mass is 9.96. The molecule has 0 spiro atoms. The van der Waals surface area contributed by atoms with Crippen LogP contribution in [0.3, 0.4) is 0 Å². The first kappa shape index (κ1) is 8.95. The van der Waals surface area contributed by atoms with Crippen LogP contribution in [0.4, 0.5) is 0 Å². The van der Waals surface area contributed by atoms with E-state index in [0.29, 0.717) is 5.92 Å². The van der Waals surface area contributed by atoms with Gasteiger partial charge in [-0.3, -0.25) is 9.89 Å². The smallest absolute Gasteiger partial charge is 0.303 e. The molecule has 0 saturated heterocycles. The van der Waals surface area contributed by atoms with Gasteiger partial charge in [-0.25, -0.2) is 0 Å². The van der Waals surface area contributed by atoms with Gasteiger partial charge in [0.15, 0.2) is 0 Å². The summed E-state index contributed by atoms with van der Waals surface area (Å²) < 4.78 is 0. The quantitative estimate of drug-likeness (QED) is 0.792. The highest BCUT2D eigenvalue weighted by Crippen LogP contribution is 2.46. The molecule has 0 bridgehead atoms. The number of hydrogen-bond acceptors (Lipinski definition) is 2. The Morgan fingerprint density at radius 3 is 2.93 bits per heavy atom. The van der Waals surface area contributed by atoms with Gasteiger partial charge in [0, 0.05) is 17.2 Å². The fraction of sp³-hybridized carbons (Fsp3) is 0.636. The molecule has 1 aromatic heterocycles. The topological polar surface area (TPSA) is 66.0 Å². The van der Waals surface area contributed by atoms with E-state index in [9.17, 15) is 4.79 Å². The average Bonchev–Trinajstić information content (AvgIpc) is 2.81. The largest absolute Gasteiger partial charge is 0.481 e. The molecule has 2 N–H and O–H groups in total. The van der Waals surface area contributed by atoms with Crippen LogP contribution in [0.25, 0.3) is 0 Å². The van der Waals surface area contributed by atoms with Crippen LogP contribution in [0.5, 0.6) is 0 Å². The van der Waals surface area contributed by atoms with Gasteiger partial charge < -0.3 is 5.11 Å². The van der Waals surface area contributed by atoms with Gasteiger partial charge in [-0.1, -0.05) is 0 Å². The SMILES string of the molecule is O=C(O)CC1CCc2[nH]nc(C3CC3)c21. The predicted octanol–water partition coefficient (Wildman–Crippen LogP) is 1.79. The number of carbonyl (C=O) groups is 1. The van der Waals surface area contributed by atoms with Crippen molar-refractivity contribution in [1.29, 1.82) is 0 Å². The van der Waals surface area contributed by atoms with Gasteiger partial charge in [-0.05, 0) is 31.6 Å². The summed E-state index contributed by atoms with van der Waals surface area (Å²) in [7, 11) is 0. The second-order valence-electron chi connectivity index (χ2n) is 4.61. The van der Waals surface area contributed by atoms with Crippen molar-refractivity contribution in [2.75, 3.05) is 0 Å². The maximum absolute atomic E-state index is 10.8. The highest BCUT2D eigenvalue weighted by atomic mass is 16.4. The Morgan fingerprint density at radius 1 is 1.47 bits per heavy atom. The predicted molar refractivity (Wildman–Crippen MR) is 53.9 cm³/mol. The maximum Gasteiger partial charge on any atom is 0.303 e. The van der Waals surface area contributed by atoms with Crippen molar-refractivity contribution < 1.29 is 9.90 Å². The van der Waals surface area contributed by atoms with Gasteiger partial charge in [0.05, 0.1) is 12.1 Å². The molecule has 0 aliphatic heterocycles. The fourth-order valence-electron chi connectivity index (χ4n) is 2.59. The van der Waals surface area contributed by atoms with E-state index < -0.39 is 5.97 Å². The van der Waals surface area contributed by atoms with E-state index in [-0.39, 0.29) is 12.3 Å². The first-order chi connectivity index (χ1) is 7.25. The first-order valence-corrected chi connectivity index (χ1v) is 5.54. The van der Waals surface area contributed by atoms with Gasteiger partial charge in [-0.2, -0.15) is 5.10 Å². The summed E-state index contributed by atoms with van der Waals surface area (Å²) in [5, 5.41) is 16.3. The number of fused-ring (bicyclic) bond motifs is 1. The average molecular weight is 206 g/mol. The number of aromatic amines is 1. The second-order valence-corrected chi connectivity index (χ2v) is 4.61. The Morgan fingerprint density at radius 2 is 2.27 bits per heavy atom. The molecule has 1 fully saturated rings. The van der Waals surface area contributed by atoms with Gasteiger partial charge in [-0.15, -0.1) is 0 Å². The number of hydrogen-bond donors (Lipinski definition) is 2. The molecule has 4 nitrogen and oxygen atoms in total. The lowest BCUT2D eigenvalue weighted by molar-refractivity contribution is -0.137. The third-order valence-electron chi connectivity index (χ3n) is 3.45. The molecule has 3 rings (SSSR count). The maximum atomic E-state index is 10.8. The zero-order chi connectivity index (χ0) is 10.4. The number of carboxylic acids is 1. The van der Waals surface area contributed by atoms with Crippen LogP contribution in [-0.4, -0.2) is 21.3 Å². The number of rotatable bonds is 3. The molecular formula is C11H14N2O2. The van der Waals surface area contributed by atoms with Crippen LogP contribution in [0.15, 0.2) is 0 Å². The summed E-state index contributed by atoms with van der Waals surface area (Å²) in [5.41, 5.74) is 3.58. The van der Waals surface area contributed by atoms with E-state index in [2.05, 4.69) is 10.2 Å². The molecule has 1 unspecified atom stereocenters. The summed E-state index contributed by atoms with van der Waals surface area (Å²) in [6.07, 6.45) is 4.63. The molecular weight excluding hydrogens is 192 g/mol. The van der Waals surface area contributed by atoms with Gasteiger partial charge in [0.25, 0.3) is 0 Å². The molecule has 15 heavy (non-hydrogen) atoms. The normalized spacial score (nSPS) is 24.1. The highest BCUT2D eigenvalue weighted by Gasteiger charge is 2.36. The van der Waals surface area contributed by atoms with Crippen LogP contribution in [-0.2, 0) is 11.2 Å². The third-order valence-corrected chi connectivity index (χ3v) is 3.45. The Bertz CT molecular complexity index is 407. The Kier molecular flexibility index (Phi) is 1.84. The molecule has 0 aromatic carbocycles. The minimum atomic E-state index is -0.698. The molecule has 80 valence electrons. The van der Waals surface area contributed by atoms with E-state index in [1.54, 1.807) is 0 Å². The van der Waals surface area contributed by atoms with E-state index >= 15 is 0 Å². The Hall–Kier alpha value is -1.32. The molecule has 0 amide bonds. The molecule has 2 aliphatic carbocycles. The van der Waals surface area contributed by atoms with E-state index in [0.717, 1.165) is 18.5 Å². The summed E-state index contributed by atoms with van der Waals surface area (Å²) in [6, 6.07) is 0. The number of carboxylic acid groups (broad SMARTS) is 1. The van der Waals surface area contributed by atoms with Crippen molar-refractivity contribution in [3.63, 3.8) is 0 Å². The van der Waals surface area contributed by atoms with Crippen molar-refractivity contribution >= 4 is 5.97 Å². The van der Waals surface area contributed by atoms with Crippen molar-refractivity contribution in [2.45, 2.75) is 43.9 Å². The minimum absolute atomic E-state index is 0.201. The van der Waals surface area contributed by atoms with Crippen LogP contribution in [0.2, 0.25) is 0 Å². The van der Waals surface area contributed by atoms with E-state index in [4.69, 9.17) is 5.11 Å². The summed E-state index contributed by atoms with van der Waals surface area (Å²) in [5.74, 6) is 0.113. The van der Waals surface area contributed by atoms with Crippen molar-refractivity contribution in [2.24, 2.45) is 0 Å². The minimum Gasteiger partial charge on any atom is -0.481 e. The molecule has 4 heteroatoms. The number of nitrogens with one attached hydrogen (secondary N) is 1. The first-order valence-electron chi connectivity index (χ1n) is 5.54. The van der Waals surface area contributed by atoms with E-state index in [1.807, 2.05) is 0 Å². The highest BCUT2D eigenvalue weighted by molar-refractivity contribution is 5.68. The Balaban J connectivity index is 1.92. The standard InChI is InChI=1S/C11H14N2O2/c14-9(15)5-7-3-4-8-10(7)11(13-12-8)6-1-2-6/h6-7H,1-5H2,(H,12,13)(H,14,15). The second kappa shape index (κ2) is 3.08. The summed E-state index contributed by atoms with van der Waals surface area (Å²) in [6.45, 7) is 0. The Labute approximate surface area is 87.7 Å². The number of aromatic nitrogens is 2. The van der Waals surface area contributed by atoms with Crippen LogP contribution in [0, 0.1) is 0 Å². The van der Waals surface area contributed by atoms with Crippen LogP contribution < -0.4 is 0 Å². The summed E-state index contributed by atoms with van der Waals surface area (Å²) >= 11 is 0. The third kappa shape index (κ3) is 1.44. The molecule has 2 aliphatic rings. The van der Waals surface area contributed by atoms with Gasteiger partial charge in [0.1, 0.15) is 0 Å². The lowest BCUT2D eigenvalue weighted by Gasteiger charge is -2.08. The molecule has 1 aromatic rings. The zero-order valence-electron chi connectivity index (χ0n) is 8.49. The fourth-order valence-corrected chi connectivity index (χ4v) is 2.59. The van der Waals surface area contributed by atoms with Crippen LogP contribution in [0.1, 0.15) is 54.5 Å². The number of H-pyrrole nitrogens is 1.